The molecule has 1 atom stereocenters. The van der Waals surface area contributed by atoms with Crippen LogP contribution in [-0.2, 0) is 15.9 Å². The number of hydrogen-bond donors (Lipinski definition) is 1. The summed E-state index contributed by atoms with van der Waals surface area (Å²) in [6.45, 7) is 13.5. The molecule has 2 aliphatic heterocycles. The Morgan fingerprint density at radius 3 is 2.52 bits per heavy atom. The van der Waals surface area contributed by atoms with Gasteiger partial charge in [-0.25, -0.2) is 9.78 Å². The van der Waals surface area contributed by atoms with E-state index in [1.165, 1.54) is 4.90 Å². The standard InChI is InChI=1S/C24H34BN3O5/c1-15(2)20-26-19-10-9-17(25-32-23(3,4)24(5,6)33-25)12-18(19)21(29)28(20)14-16-8-7-11-27(13-16)22(30)31/h9-10,12,15-16H,7-8,11,13-14H2,1-6H3,(H,30,31)/t16-/m0/s1. The monoisotopic (exact) mass is 455 g/mol. The van der Waals surface area contributed by atoms with E-state index in [0.717, 1.165) is 24.1 Å². The number of carboxylic acid groups (broad SMARTS) is 1. The van der Waals surface area contributed by atoms with Crippen LogP contribution in [0.3, 0.4) is 0 Å². The third-order valence-electron chi connectivity index (χ3n) is 7.28. The molecule has 1 N–H and O–H groups in total. The molecule has 178 valence electrons. The lowest BCUT2D eigenvalue weighted by atomic mass is 9.78. The molecule has 0 saturated carbocycles. The first kappa shape index (κ1) is 23.8. The Labute approximate surface area is 195 Å². The Balaban J connectivity index is 1.72. The molecule has 0 bridgehead atoms. The lowest BCUT2D eigenvalue weighted by Gasteiger charge is -2.32. The molecule has 0 aliphatic carbocycles. The van der Waals surface area contributed by atoms with Crippen molar-refractivity contribution >= 4 is 29.6 Å². The maximum atomic E-state index is 13.7. The number of likely N-dealkylation sites (tertiary alicyclic amines) is 1. The van der Waals surface area contributed by atoms with Gasteiger partial charge >= 0.3 is 13.2 Å². The topological polar surface area (TPSA) is 93.9 Å². The quantitative estimate of drug-likeness (QED) is 0.712. The van der Waals surface area contributed by atoms with E-state index in [1.54, 1.807) is 4.57 Å². The van der Waals surface area contributed by atoms with E-state index in [1.807, 2.05) is 59.7 Å². The van der Waals surface area contributed by atoms with E-state index >= 15 is 0 Å². The van der Waals surface area contributed by atoms with Crippen LogP contribution in [0.15, 0.2) is 23.0 Å². The minimum atomic E-state index is -0.903. The summed E-state index contributed by atoms with van der Waals surface area (Å²) in [5.41, 5.74) is 0.400. The molecule has 2 saturated heterocycles. The van der Waals surface area contributed by atoms with Crippen molar-refractivity contribution in [3.63, 3.8) is 0 Å². The van der Waals surface area contributed by atoms with Crippen molar-refractivity contribution in [3.05, 3.63) is 34.4 Å². The second-order valence-corrected chi connectivity index (χ2v) is 10.6. The maximum Gasteiger partial charge on any atom is 0.494 e. The highest BCUT2D eigenvalue weighted by molar-refractivity contribution is 6.62. The van der Waals surface area contributed by atoms with Gasteiger partial charge in [0.15, 0.2) is 0 Å². The molecule has 2 aliphatic rings. The summed E-state index contributed by atoms with van der Waals surface area (Å²) in [6.07, 6.45) is 0.787. The molecule has 4 rings (SSSR count). The van der Waals surface area contributed by atoms with Gasteiger partial charge in [-0.2, -0.15) is 0 Å². The smallest absolute Gasteiger partial charge is 0.465 e. The summed E-state index contributed by atoms with van der Waals surface area (Å²) >= 11 is 0. The fourth-order valence-electron chi connectivity index (χ4n) is 4.64. The SMILES string of the molecule is CC(C)c1nc2ccc(B3OC(C)(C)C(C)(C)O3)cc2c(=O)n1C[C@H]1CCCN(C(=O)O)C1. The molecule has 9 heteroatoms. The Morgan fingerprint density at radius 2 is 1.91 bits per heavy atom. The molecule has 0 unspecified atom stereocenters. The number of carbonyl (C=O) groups is 1. The van der Waals surface area contributed by atoms with Crippen LogP contribution >= 0.6 is 0 Å². The predicted octanol–water partition coefficient (Wildman–Crippen LogP) is 3.21. The van der Waals surface area contributed by atoms with Crippen LogP contribution in [0, 0.1) is 5.92 Å². The van der Waals surface area contributed by atoms with Crippen LogP contribution in [0.2, 0.25) is 0 Å². The molecule has 0 spiro atoms. The number of benzene rings is 1. The number of piperidine rings is 1. The van der Waals surface area contributed by atoms with Gasteiger partial charge in [-0.05, 0) is 64.1 Å². The van der Waals surface area contributed by atoms with Crippen molar-refractivity contribution in [2.24, 2.45) is 5.92 Å². The van der Waals surface area contributed by atoms with Crippen LogP contribution in [0.4, 0.5) is 4.79 Å². The Kier molecular flexibility index (Phi) is 6.07. The molecular weight excluding hydrogens is 421 g/mol. The van der Waals surface area contributed by atoms with Crippen LogP contribution in [0.25, 0.3) is 10.9 Å². The van der Waals surface area contributed by atoms with Gasteiger partial charge in [0, 0.05) is 25.6 Å². The van der Waals surface area contributed by atoms with E-state index in [0.29, 0.717) is 30.5 Å². The first-order valence-electron chi connectivity index (χ1n) is 11.8. The van der Waals surface area contributed by atoms with E-state index in [4.69, 9.17) is 14.3 Å². The number of nitrogens with zero attached hydrogens (tertiary/aromatic N) is 3. The molecule has 2 fully saturated rings. The van der Waals surface area contributed by atoms with Gasteiger partial charge in [0.25, 0.3) is 5.56 Å². The largest absolute Gasteiger partial charge is 0.494 e. The van der Waals surface area contributed by atoms with Gasteiger partial charge in [0.1, 0.15) is 5.82 Å². The summed E-state index contributed by atoms with van der Waals surface area (Å²) < 4.78 is 14.1. The van der Waals surface area contributed by atoms with E-state index < -0.39 is 24.4 Å². The fraction of sp³-hybridized carbons (Fsp3) is 0.625. The predicted molar refractivity (Wildman–Crippen MR) is 128 cm³/mol. The summed E-state index contributed by atoms with van der Waals surface area (Å²) in [4.78, 5) is 31.4. The highest BCUT2D eigenvalue weighted by Gasteiger charge is 2.51. The summed E-state index contributed by atoms with van der Waals surface area (Å²) in [6, 6.07) is 5.61. The third-order valence-corrected chi connectivity index (χ3v) is 7.28. The molecule has 0 radical (unpaired) electrons. The highest BCUT2D eigenvalue weighted by Crippen LogP contribution is 2.36. The fourth-order valence-corrected chi connectivity index (χ4v) is 4.64. The zero-order chi connectivity index (χ0) is 24.1. The Bertz CT molecular complexity index is 1110. The first-order valence-corrected chi connectivity index (χ1v) is 11.8. The summed E-state index contributed by atoms with van der Waals surface area (Å²) in [7, 11) is -0.556. The average molecular weight is 455 g/mol. The first-order chi connectivity index (χ1) is 15.4. The zero-order valence-corrected chi connectivity index (χ0v) is 20.4. The van der Waals surface area contributed by atoms with Crippen molar-refractivity contribution in [1.29, 1.82) is 0 Å². The van der Waals surface area contributed by atoms with Gasteiger partial charge in [-0.3, -0.25) is 9.36 Å². The van der Waals surface area contributed by atoms with Gasteiger partial charge < -0.3 is 19.3 Å². The number of rotatable bonds is 4. The maximum absolute atomic E-state index is 13.7. The molecule has 8 nitrogen and oxygen atoms in total. The molecule has 2 aromatic rings. The lowest BCUT2D eigenvalue weighted by Crippen LogP contribution is -2.42. The van der Waals surface area contributed by atoms with Crippen molar-refractivity contribution in [3.8, 4) is 0 Å². The van der Waals surface area contributed by atoms with E-state index in [9.17, 15) is 14.7 Å². The number of hydrogen-bond acceptors (Lipinski definition) is 5. The van der Waals surface area contributed by atoms with Gasteiger partial charge in [0.2, 0.25) is 0 Å². The highest BCUT2D eigenvalue weighted by atomic mass is 16.7. The van der Waals surface area contributed by atoms with Gasteiger partial charge in [-0.1, -0.05) is 19.9 Å². The van der Waals surface area contributed by atoms with Crippen molar-refractivity contribution in [2.45, 2.75) is 78.0 Å². The van der Waals surface area contributed by atoms with Crippen molar-refractivity contribution in [1.82, 2.24) is 14.5 Å². The van der Waals surface area contributed by atoms with Crippen molar-refractivity contribution < 1.29 is 19.2 Å². The summed E-state index contributed by atoms with van der Waals surface area (Å²) in [5.74, 6) is 0.864. The molecule has 1 amide bonds. The van der Waals surface area contributed by atoms with E-state index in [-0.39, 0.29) is 17.4 Å². The van der Waals surface area contributed by atoms with Gasteiger partial charge in [-0.15, -0.1) is 0 Å². The second-order valence-electron chi connectivity index (χ2n) is 10.6. The Morgan fingerprint density at radius 1 is 1.24 bits per heavy atom. The van der Waals surface area contributed by atoms with E-state index in [2.05, 4.69) is 0 Å². The Hall–Kier alpha value is -2.39. The van der Waals surface area contributed by atoms with Crippen molar-refractivity contribution in [2.75, 3.05) is 13.1 Å². The van der Waals surface area contributed by atoms with Crippen LogP contribution in [-0.4, -0.2) is 57.1 Å². The molecular formula is C24H34BN3O5. The van der Waals surface area contributed by atoms with Crippen LogP contribution < -0.4 is 11.0 Å². The molecule has 3 heterocycles. The molecule has 1 aromatic carbocycles. The molecule has 1 aromatic heterocycles. The summed E-state index contributed by atoms with van der Waals surface area (Å²) in [5, 5.41) is 9.92. The average Bonchev–Trinajstić information content (AvgIpc) is 2.96. The molecule has 33 heavy (non-hydrogen) atoms. The zero-order valence-electron chi connectivity index (χ0n) is 20.4. The number of fused-ring (bicyclic) bond motifs is 1. The minimum absolute atomic E-state index is 0.0593. The third kappa shape index (κ3) is 4.40. The number of aromatic nitrogens is 2. The van der Waals surface area contributed by atoms with Crippen LogP contribution in [0.1, 0.15) is 66.1 Å². The minimum Gasteiger partial charge on any atom is -0.465 e. The normalized spacial score (nSPS) is 22.3. The second kappa shape index (κ2) is 8.44. The number of amides is 1. The van der Waals surface area contributed by atoms with Gasteiger partial charge in [0.05, 0.1) is 22.1 Å². The van der Waals surface area contributed by atoms with Crippen LogP contribution in [0.5, 0.6) is 0 Å². The lowest BCUT2D eigenvalue weighted by molar-refractivity contribution is 0.00578.